The van der Waals surface area contributed by atoms with E-state index >= 15 is 0 Å². The monoisotopic (exact) mass is 246 g/mol. The van der Waals surface area contributed by atoms with Crippen molar-refractivity contribution in [1.82, 2.24) is 10.2 Å². The van der Waals surface area contributed by atoms with Crippen LogP contribution in [0.25, 0.3) is 0 Å². The SMILES string of the molecule is CCCC1CNCCN1CC1CCCC1.Cl. The Morgan fingerprint density at radius 3 is 2.69 bits per heavy atom. The molecule has 1 saturated heterocycles. The van der Waals surface area contributed by atoms with E-state index in [1.165, 1.54) is 64.7 Å². The summed E-state index contributed by atoms with van der Waals surface area (Å²) in [4.78, 5) is 2.76. The quantitative estimate of drug-likeness (QED) is 0.821. The average molecular weight is 247 g/mol. The lowest BCUT2D eigenvalue weighted by Gasteiger charge is -2.37. The lowest BCUT2D eigenvalue weighted by Crippen LogP contribution is -2.52. The summed E-state index contributed by atoms with van der Waals surface area (Å²) in [5.41, 5.74) is 0. The van der Waals surface area contributed by atoms with Crippen molar-refractivity contribution in [2.75, 3.05) is 26.2 Å². The third kappa shape index (κ3) is 3.90. The van der Waals surface area contributed by atoms with Gasteiger partial charge in [0.1, 0.15) is 0 Å². The molecule has 0 spiro atoms. The zero-order chi connectivity index (χ0) is 10.5. The van der Waals surface area contributed by atoms with Gasteiger partial charge in [-0.2, -0.15) is 0 Å². The third-order valence-corrected chi connectivity index (χ3v) is 4.06. The van der Waals surface area contributed by atoms with Gasteiger partial charge < -0.3 is 5.32 Å². The second kappa shape index (κ2) is 7.52. The summed E-state index contributed by atoms with van der Waals surface area (Å²) in [5, 5.41) is 3.53. The fourth-order valence-electron chi connectivity index (χ4n) is 3.19. The summed E-state index contributed by atoms with van der Waals surface area (Å²) in [5.74, 6) is 1.02. The van der Waals surface area contributed by atoms with Gasteiger partial charge in [-0.3, -0.25) is 4.90 Å². The molecule has 2 aliphatic rings. The maximum absolute atomic E-state index is 3.53. The van der Waals surface area contributed by atoms with E-state index in [1.807, 2.05) is 0 Å². The minimum absolute atomic E-state index is 0. The molecule has 2 fully saturated rings. The predicted molar refractivity (Wildman–Crippen MR) is 72.3 cm³/mol. The number of nitrogens with one attached hydrogen (secondary N) is 1. The van der Waals surface area contributed by atoms with E-state index < -0.39 is 0 Å². The van der Waals surface area contributed by atoms with Crippen LogP contribution >= 0.6 is 12.4 Å². The summed E-state index contributed by atoms with van der Waals surface area (Å²) in [6, 6.07) is 0.823. The molecule has 3 heteroatoms. The highest BCUT2D eigenvalue weighted by Gasteiger charge is 2.25. The van der Waals surface area contributed by atoms with Crippen LogP contribution in [0.1, 0.15) is 45.4 Å². The second-order valence-corrected chi connectivity index (χ2v) is 5.29. The van der Waals surface area contributed by atoms with Crippen molar-refractivity contribution in [2.45, 2.75) is 51.5 Å². The van der Waals surface area contributed by atoms with Crippen LogP contribution in [0.4, 0.5) is 0 Å². The molecule has 96 valence electrons. The van der Waals surface area contributed by atoms with E-state index in [9.17, 15) is 0 Å². The van der Waals surface area contributed by atoms with Gasteiger partial charge in [0.25, 0.3) is 0 Å². The molecule has 1 atom stereocenters. The van der Waals surface area contributed by atoms with E-state index in [4.69, 9.17) is 0 Å². The van der Waals surface area contributed by atoms with Crippen LogP contribution in [0.2, 0.25) is 0 Å². The first kappa shape index (κ1) is 14.3. The van der Waals surface area contributed by atoms with Crippen molar-refractivity contribution < 1.29 is 0 Å². The predicted octanol–water partition coefficient (Wildman–Crippen LogP) is 2.67. The fourth-order valence-corrected chi connectivity index (χ4v) is 3.19. The molecule has 1 heterocycles. The number of halogens is 1. The molecule has 0 aromatic rings. The summed E-state index contributed by atoms with van der Waals surface area (Å²) >= 11 is 0. The van der Waals surface area contributed by atoms with Gasteiger partial charge >= 0.3 is 0 Å². The Bertz CT molecular complexity index is 179. The molecule has 0 amide bonds. The molecular weight excluding hydrogens is 220 g/mol. The smallest absolute Gasteiger partial charge is 0.0221 e. The van der Waals surface area contributed by atoms with Gasteiger partial charge in [-0.1, -0.05) is 26.2 Å². The Balaban J connectivity index is 0.00000128. The molecule has 0 aromatic heterocycles. The largest absolute Gasteiger partial charge is 0.314 e. The molecular formula is C13H27ClN2. The van der Waals surface area contributed by atoms with Crippen LogP contribution in [-0.2, 0) is 0 Å². The molecule has 0 radical (unpaired) electrons. The number of nitrogens with zero attached hydrogens (tertiary/aromatic N) is 1. The van der Waals surface area contributed by atoms with Crippen molar-refractivity contribution >= 4 is 12.4 Å². The molecule has 0 bridgehead atoms. The summed E-state index contributed by atoms with van der Waals surface area (Å²) < 4.78 is 0. The van der Waals surface area contributed by atoms with Crippen LogP contribution in [-0.4, -0.2) is 37.1 Å². The molecule has 16 heavy (non-hydrogen) atoms. The van der Waals surface area contributed by atoms with Crippen LogP contribution in [0.15, 0.2) is 0 Å². The first-order valence-electron chi connectivity index (χ1n) is 6.85. The molecule has 1 aliphatic carbocycles. The second-order valence-electron chi connectivity index (χ2n) is 5.29. The normalized spacial score (nSPS) is 27.9. The van der Waals surface area contributed by atoms with E-state index in [0.29, 0.717) is 0 Å². The third-order valence-electron chi connectivity index (χ3n) is 4.06. The highest BCUT2D eigenvalue weighted by molar-refractivity contribution is 5.85. The van der Waals surface area contributed by atoms with Crippen LogP contribution in [0.3, 0.4) is 0 Å². The minimum Gasteiger partial charge on any atom is -0.314 e. The van der Waals surface area contributed by atoms with Gasteiger partial charge in [0.05, 0.1) is 0 Å². The molecule has 1 N–H and O–H groups in total. The van der Waals surface area contributed by atoms with Crippen LogP contribution < -0.4 is 5.32 Å². The van der Waals surface area contributed by atoms with Gasteiger partial charge in [-0.05, 0) is 25.2 Å². The highest BCUT2D eigenvalue weighted by atomic mass is 35.5. The molecule has 2 nitrogen and oxygen atoms in total. The zero-order valence-corrected chi connectivity index (χ0v) is 11.4. The number of piperazine rings is 1. The highest BCUT2D eigenvalue weighted by Crippen LogP contribution is 2.26. The first-order chi connectivity index (χ1) is 7.40. The Labute approximate surface area is 107 Å². The van der Waals surface area contributed by atoms with E-state index in [2.05, 4.69) is 17.1 Å². The molecule has 2 rings (SSSR count). The molecule has 1 unspecified atom stereocenters. The van der Waals surface area contributed by atoms with Crippen molar-refractivity contribution in [3.63, 3.8) is 0 Å². The number of hydrogen-bond donors (Lipinski definition) is 1. The zero-order valence-electron chi connectivity index (χ0n) is 10.6. The van der Waals surface area contributed by atoms with Crippen molar-refractivity contribution in [3.05, 3.63) is 0 Å². The standard InChI is InChI=1S/C13H26N2.ClH/c1-2-5-13-10-14-8-9-15(13)11-12-6-3-4-7-12;/h12-14H,2-11H2,1H3;1H. The van der Waals surface area contributed by atoms with Gasteiger partial charge in [0.2, 0.25) is 0 Å². The maximum atomic E-state index is 3.53. The summed E-state index contributed by atoms with van der Waals surface area (Å²) in [6.45, 7) is 7.39. The van der Waals surface area contributed by atoms with E-state index in [-0.39, 0.29) is 12.4 Å². The van der Waals surface area contributed by atoms with E-state index in [1.54, 1.807) is 0 Å². The van der Waals surface area contributed by atoms with Crippen molar-refractivity contribution in [3.8, 4) is 0 Å². The lowest BCUT2D eigenvalue weighted by atomic mass is 10.0. The summed E-state index contributed by atoms with van der Waals surface area (Å²) in [7, 11) is 0. The minimum atomic E-state index is 0. The van der Waals surface area contributed by atoms with Gasteiger partial charge in [0, 0.05) is 32.2 Å². The topological polar surface area (TPSA) is 15.3 Å². The van der Waals surface area contributed by atoms with Crippen LogP contribution in [0.5, 0.6) is 0 Å². The van der Waals surface area contributed by atoms with Gasteiger partial charge in [-0.15, -0.1) is 12.4 Å². The first-order valence-corrected chi connectivity index (χ1v) is 6.85. The Kier molecular flexibility index (Phi) is 6.71. The molecule has 1 saturated carbocycles. The Hall–Kier alpha value is 0.210. The maximum Gasteiger partial charge on any atom is 0.0221 e. The number of rotatable bonds is 4. The van der Waals surface area contributed by atoms with E-state index in [0.717, 1.165) is 12.0 Å². The van der Waals surface area contributed by atoms with Gasteiger partial charge in [0.15, 0.2) is 0 Å². The van der Waals surface area contributed by atoms with Gasteiger partial charge in [-0.25, -0.2) is 0 Å². The Morgan fingerprint density at radius 2 is 2.00 bits per heavy atom. The Morgan fingerprint density at radius 1 is 1.25 bits per heavy atom. The van der Waals surface area contributed by atoms with Crippen LogP contribution in [0, 0.1) is 5.92 Å². The molecule has 1 aliphatic heterocycles. The average Bonchev–Trinajstić information content (AvgIpc) is 2.74. The van der Waals surface area contributed by atoms with Crippen molar-refractivity contribution in [2.24, 2.45) is 5.92 Å². The number of hydrogen-bond acceptors (Lipinski definition) is 2. The molecule has 0 aromatic carbocycles. The summed E-state index contributed by atoms with van der Waals surface area (Å²) in [6.07, 6.45) is 8.64. The van der Waals surface area contributed by atoms with Crippen molar-refractivity contribution in [1.29, 1.82) is 0 Å². The lowest BCUT2D eigenvalue weighted by molar-refractivity contribution is 0.130. The fraction of sp³-hybridized carbons (Fsp3) is 1.00.